The number of benzene rings is 2. The summed E-state index contributed by atoms with van der Waals surface area (Å²) in [6.45, 7) is 0. The number of rotatable bonds is 4. The minimum atomic E-state index is -0.292. The maximum Gasteiger partial charge on any atom is 0.137 e. The Morgan fingerprint density at radius 3 is 2.32 bits per heavy atom. The topological polar surface area (TPSA) is 0 Å². The SMILES string of the molecule is Fc1ccccc1C(CBr)Cc1cccc(F)c1Br. The second-order valence-corrected chi connectivity index (χ2v) is 5.73. The predicted octanol–water partition coefficient (Wildman–Crippen LogP) is 5.45. The Bertz CT molecular complexity index is 570. The molecule has 100 valence electrons. The van der Waals surface area contributed by atoms with Crippen LogP contribution in [0.15, 0.2) is 46.9 Å². The van der Waals surface area contributed by atoms with Crippen molar-refractivity contribution in [2.24, 2.45) is 0 Å². The van der Waals surface area contributed by atoms with Gasteiger partial charge in [0.25, 0.3) is 0 Å². The van der Waals surface area contributed by atoms with Gasteiger partial charge in [0.15, 0.2) is 0 Å². The standard InChI is InChI=1S/C15H12Br2F2/c16-9-11(12-5-1-2-6-13(12)18)8-10-4-3-7-14(19)15(10)17/h1-7,11H,8-9H2. The second kappa shape index (κ2) is 6.62. The molecule has 0 saturated heterocycles. The minimum Gasteiger partial charge on any atom is -0.207 e. The van der Waals surface area contributed by atoms with Crippen molar-refractivity contribution in [1.29, 1.82) is 0 Å². The lowest BCUT2D eigenvalue weighted by Gasteiger charge is -2.16. The van der Waals surface area contributed by atoms with Crippen LogP contribution in [-0.2, 0) is 6.42 Å². The molecular formula is C15H12Br2F2. The number of halogens is 4. The molecule has 0 saturated carbocycles. The third-order valence-electron chi connectivity index (χ3n) is 3.03. The first-order valence-corrected chi connectivity index (χ1v) is 7.78. The van der Waals surface area contributed by atoms with Crippen molar-refractivity contribution >= 4 is 31.9 Å². The molecule has 0 bridgehead atoms. The van der Waals surface area contributed by atoms with Crippen molar-refractivity contribution < 1.29 is 8.78 Å². The molecule has 1 atom stereocenters. The summed E-state index contributed by atoms with van der Waals surface area (Å²) in [6.07, 6.45) is 0.574. The molecule has 0 radical (unpaired) electrons. The van der Waals surface area contributed by atoms with Gasteiger partial charge in [0.05, 0.1) is 4.47 Å². The number of alkyl halides is 1. The molecule has 0 aliphatic carbocycles. The Morgan fingerprint density at radius 1 is 0.947 bits per heavy atom. The van der Waals surface area contributed by atoms with Gasteiger partial charge in [0.2, 0.25) is 0 Å². The van der Waals surface area contributed by atoms with Crippen molar-refractivity contribution in [3.8, 4) is 0 Å². The predicted molar refractivity (Wildman–Crippen MR) is 80.7 cm³/mol. The molecule has 2 aromatic carbocycles. The largest absolute Gasteiger partial charge is 0.207 e. The Labute approximate surface area is 128 Å². The highest BCUT2D eigenvalue weighted by Gasteiger charge is 2.17. The van der Waals surface area contributed by atoms with Crippen LogP contribution in [0.25, 0.3) is 0 Å². The molecule has 0 fully saturated rings. The lowest BCUT2D eigenvalue weighted by atomic mass is 9.93. The van der Waals surface area contributed by atoms with E-state index in [1.165, 1.54) is 12.1 Å². The molecule has 0 heterocycles. The molecule has 0 N–H and O–H groups in total. The Hall–Kier alpha value is -0.740. The van der Waals surface area contributed by atoms with Crippen LogP contribution in [0.4, 0.5) is 8.78 Å². The maximum absolute atomic E-state index is 13.8. The van der Waals surface area contributed by atoms with Gasteiger partial charge in [0, 0.05) is 11.2 Å². The van der Waals surface area contributed by atoms with E-state index in [0.717, 1.165) is 5.56 Å². The van der Waals surface area contributed by atoms with Crippen LogP contribution in [0.3, 0.4) is 0 Å². The maximum atomic E-state index is 13.8. The summed E-state index contributed by atoms with van der Waals surface area (Å²) >= 11 is 6.66. The van der Waals surface area contributed by atoms with Crippen LogP contribution in [0, 0.1) is 11.6 Å². The summed E-state index contributed by atoms with van der Waals surface area (Å²) in [5.41, 5.74) is 1.49. The van der Waals surface area contributed by atoms with Gasteiger partial charge in [-0.3, -0.25) is 0 Å². The summed E-state index contributed by atoms with van der Waals surface area (Å²) < 4.78 is 27.7. The Balaban J connectivity index is 2.30. The van der Waals surface area contributed by atoms with Gasteiger partial charge in [-0.25, -0.2) is 8.78 Å². The zero-order chi connectivity index (χ0) is 13.8. The average molecular weight is 390 g/mol. The van der Waals surface area contributed by atoms with Crippen LogP contribution < -0.4 is 0 Å². The van der Waals surface area contributed by atoms with Crippen LogP contribution in [0.1, 0.15) is 17.0 Å². The van der Waals surface area contributed by atoms with Gasteiger partial charge >= 0.3 is 0 Å². The van der Waals surface area contributed by atoms with E-state index in [2.05, 4.69) is 31.9 Å². The molecule has 2 aromatic rings. The van der Waals surface area contributed by atoms with Gasteiger partial charge < -0.3 is 0 Å². The van der Waals surface area contributed by atoms with Crippen molar-refractivity contribution in [3.05, 3.63) is 69.7 Å². The van der Waals surface area contributed by atoms with E-state index < -0.39 is 0 Å². The fraction of sp³-hybridized carbons (Fsp3) is 0.200. The molecule has 0 aromatic heterocycles. The van der Waals surface area contributed by atoms with Crippen LogP contribution in [0.5, 0.6) is 0 Å². The van der Waals surface area contributed by atoms with Crippen molar-refractivity contribution in [2.45, 2.75) is 12.3 Å². The highest BCUT2D eigenvalue weighted by atomic mass is 79.9. The van der Waals surface area contributed by atoms with Crippen LogP contribution in [-0.4, -0.2) is 5.33 Å². The monoisotopic (exact) mass is 388 g/mol. The molecule has 19 heavy (non-hydrogen) atoms. The first-order valence-electron chi connectivity index (χ1n) is 5.86. The fourth-order valence-electron chi connectivity index (χ4n) is 2.03. The smallest absolute Gasteiger partial charge is 0.137 e. The van der Waals surface area contributed by atoms with Crippen molar-refractivity contribution in [3.63, 3.8) is 0 Å². The summed E-state index contributed by atoms with van der Waals surface area (Å²) in [5.74, 6) is -0.543. The van der Waals surface area contributed by atoms with E-state index in [0.29, 0.717) is 21.8 Å². The van der Waals surface area contributed by atoms with Crippen LogP contribution >= 0.6 is 31.9 Å². The van der Waals surface area contributed by atoms with E-state index in [1.807, 2.05) is 12.1 Å². The van der Waals surface area contributed by atoms with Gasteiger partial charge in [-0.05, 0) is 45.6 Å². The number of hydrogen-bond acceptors (Lipinski definition) is 0. The molecule has 0 amide bonds. The van der Waals surface area contributed by atoms with E-state index in [1.54, 1.807) is 18.2 Å². The lowest BCUT2D eigenvalue weighted by molar-refractivity contribution is 0.587. The fourth-order valence-corrected chi connectivity index (χ4v) is 3.03. The quantitative estimate of drug-likeness (QED) is 0.610. The van der Waals surface area contributed by atoms with Gasteiger partial charge in [0.1, 0.15) is 11.6 Å². The minimum absolute atomic E-state index is 0.0284. The third kappa shape index (κ3) is 3.42. The zero-order valence-corrected chi connectivity index (χ0v) is 13.2. The Morgan fingerprint density at radius 2 is 1.63 bits per heavy atom. The van der Waals surface area contributed by atoms with Crippen molar-refractivity contribution in [2.75, 3.05) is 5.33 Å². The normalized spacial score (nSPS) is 12.4. The van der Waals surface area contributed by atoms with Crippen LogP contribution in [0.2, 0.25) is 0 Å². The molecule has 2 rings (SSSR count). The average Bonchev–Trinajstić information content (AvgIpc) is 2.41. The molecule has 0 aliphatic heterocycles. The lowest BCUT2D eigenvalue weighted by Crippen LogP contribution is -2.07. The molecule has 0 aliphatic rings. The zero-order valence-electron chi connectivity index (χ0n) is 10.0. The number of hydrogen-bond donors (Lipinski definition) is 0. The van der Waals surface area contributed by atoms with Gasteiger partial charge in [-0.15, -0.1) is 0 Å². The van der Waals surface area contributed by atoms with Gasteiger partial charge in [-0.2, -0.15) is 0 Å². The molecular weight excluding hydrogens is 378 g/mol. The highest BCUT2D eigenvalue weighted by molar-refractivity contribution is 9.10. The van der Waals surface area contributed by atoms with Crippen molar-refractivity contribution in [1.82, 2.24) is 0 Å². The molecule has 4 heteroatoms. The van der Waals surface area contributed by atoms with E-state index >= 15 is 0 Å². The molecule has 0 spiro atoms. The third-order valence-corrected chi connectivity index (χ3v) is 4.70. The first-order chi connectivity index (χ1) is 9.13. The second-order valence-electron chi connectivity index (χ2n) is 4.29. The van der Waals surface area contributed by atoms with E-state index in [4.69, 9.17) is 0 Å². The highest BCUT2D eigenvalue weighted by Crippen LogP contribution is 2.29. The molecule has 0 nitrogen and oxygen atoms in total. The van der Waals surface area contributed by atoms with E-state index in [9.17, 15) is 8.78 Å². The Kier molecular flexibility index (Phi) is 5.11. The summed E-state index contributed by atoms with van der Waals surface area (Å²) in [6, 6.07) is 11.6. The summed E-state index contributed by atoms with van der Waals surface area (Å²) in [5, 5.41) is 0.622. The first kappa shape index (κ1) is 14.7. The van der Waals surface area contributed by atoms with E-state index in [-0.39, 0.29) is 17.6 Å². The molecule has 1 unspecified atom stereocenters. The summed E-state index contributed by atoms with van der Waals surface area (Å²) in [4.78, 5) is 0. The summed E-state index contributed by atoms with van der Waals surface area (Å²) in [7, 11) is 0. The van der Waals surface area contributed by atoms with Gasteiger partial charge in [-0.1, -0.05) is 46.3 Å².